The van der Waals surface area contributed by atoms with E-state index < -0.39 is 0 Å². The van der Waals surface area contributed by atoms with E-state index in [1.807, 2.05) is 0 Å². The summed E-state index contributed by atoms with van der Waals surface area (Å²) in [5.41, 5.74) is 4.76. The van der Waals surface area contributed by atoms with Gasteiger partial charge in [-0.15, -0.1) is 0 Å². The van der Waals surface area contributed by atoms with Crippen LogP contribution in [-0.2, 0) is 0 Å². The number of para-hydroxylation sites is 3. The average molecular weight is 282 g/mol. The molecule has 0 atom stereocenters. The average Bonchev–Trinajstić information content (AvgIpc) is 3.10. The second-order valence-corrected chi connectivity index (χ2v) is 5.58. The van der Waals surface area contributed by atoms with E-state index in [9.17, 15) is 0 Å². The van der Waals surface area contributed by atoms with Crippen molar-refractivity contribution in [1.29, 1.82) is 0 Å². The number of aromatic nitrogens is 2. The van der Waals surface area contributed by atoms with Crippen LogP contribution in [0.3, 0.4) is 0 Å². The van der Waals surface area contributed by atoms with Crippen molar-refractivity contribution < 1.29 is 0 Å². The molecule has 2 aromatic heterocycles. The van der Waals surface area contributed by atoms with Gasteiger partial charge in [-0.05, 0) is 24.3 Å². The zero-order chi connectivity index (χ0) is 14.5. The van der Waals surface area contributed by atoms with Gasteiger partial charge in [0.05, 0.1) is 5.52 Å². The zero-order valence-electron chi connectivity index (χ0n) is 12.0. The molecule has 0 amide bonds. The summed E-state index contributed by atoms with van der Waals surface area (Å²) in [6, 6.07) is 27.6. The summed E-state index contributed by atoms with van der Waals surface area (Å²) in [5.74, 6) is 0. The second-order valence-electron chi connectivity index (χ2n) is 5.58. The van der Waals surface area contributed by atoms with Crippen molar-refractivity contribution in [1.82, 2.24) is 9.55 Å². The fourth-order valence-electron chi connectivity index (χ4n) is 3.41. The van der Waals surface area contributed by atoms with Crippen molar-refractivity contribution in [2.75, 3.05) is 0 Å². The van der Waals surface area contributed by atoms with Gasteiger partial charge in [0.25, 0.3) is 0 Å². The Hall–Kier alpha value is -3.00. The van der Waals surface area contributed by atoms with Crippen molar-refractivity contribution in [3.05, 3.63) is 78.9 Å². The highest BCUT2D eigenvalue weighted by molar-refractivity contribution is 6.21. The molecule has 0 radical (unpaired) electrons. The number of nitrogens with zero attached hydrogens (tertiary/aromatic N) is 1. The molecule has 0 bridgehead atoms. The Morgan fingerprint density at radius 3 is 2.18 bits per heavy atom. The Morgan fingerprint density at radius 2 is 1.32 bits per heavy atom. The van der Waals surface area contributed by atoms with Crippen LogP contribution in [0.25, 0.3) is 38.5 Å². The number of hydrogen-bond acceptors (Lipinski definition) is 0. The first-order valence-electron chi connectivity index (χ1n) is 7.49. The van der Waals surface area contributed by atoms with Crippen LogP contribution < -0.4 is 0 Å². The molecule has 22 heavy (non-hydrogen) atoms. The lowest BCUT2D eigenvalue weighted by molar-refractivity contribution is 1.15. The number of nitrogens with one attached hydrogen (secondary N) is 1. The van der Waals surface area contributed by atoms with Gasteiger partial charge in [0.2, 0.25) is 0 Å². The molecule has 0 aliphatic rings. The molecule has 0 aliphatic carbocycles. The fraction of sp³-hybridized carbons (Fsp3) is 0. The van der Waals surface area contributed by atoms with Gasteiger partial charge in [0.1, 0.15) is 5.65 Å². The van der Waals surface area contributed by atoms with Gasteiger partial charge in [-0.2, -0.15) is 0 Å². The smallest absolute Gasteiger partial charge is 0.124 e. The van der Waals surface area contributed by atoms with Crippen molar-refractivity contribution >= 4 is 32.8 Å². The Morgan fingerprint density at radius 1 is 0.636 bits per heavy atom. The van der Waals surface area contributed by atoms with E-state index in [1.54, 1.807) is 0 Å². The van der Waals surface area contributed by atoms with Crippen LogP contribution in [0.2, 0.25) is 0 Å². The predicted octanol–water partition coefficient (Wildman–Crippen LogP) is 5.27. The summed E-state index contributed by atoms with van der Waals surface area (Å²) in [5, 5.41) is 3.87. The van der Waals surface area contributed by atoms with E-state index in [0.29, 0.717) is 0 Å². The summed E-state index contributed by atoms with van der Waals surface area (Å²) in [6.07, 6.45) is 0. The lowest BCUT2D eigenvalue weighted by Crippen LogP contribution is -1.93. The van der Waals surface area contributed by atoms with E-state index in [1.165, 1.54) is 32.9 Å². The maximum atomic E-state index is 3.60. The standard InChI is InChI=1S/C20H14N2/c1-2-8-14(9-3-1)22-18-13-7-5-11-16(18)19-15-10-4-6-12-17(15)21-20(19)22/h1-13,21H. The van der Waals surface area contributed by atoms with Crippen LogP contribution >= 0.6 is 0 Å². The van der Waals surface area contributed by atoms with Gasteiger partial charge >= 0.3 is 0 Å². The summed E-state index contributed by atoms with van der Waals surface area (Å²) < 4.78 is 2.31. The van der Waals surface area contributed by atoms with Gasteiger partial charge in [0, 0.05) is 27.4 Å². The SMILES string of the molecule is c1ccc(-n2c3ccccc3c3c4ccccc4[nH]c32)cc1. The van der Waals surface area contributed by atoms with E-state index in [-0.39, 0.29) is 0 Å². The summed E-state index contributed by atoms with van der Waals surface area (Å²) >= 11 is 0. The molecular weight excluding hydrogens is 268 g/mol. The Kier molecular flexibility index (Phi) is 2.25. The molecule has 0 saturated carbocycles. The van der Waals surface area contributed by atoms with Gasteiger partial charge in [0.15, 0.2) is 0 Å². The molecule has 0 spiro atoms. The highest BCUT2D eigenvalue weighted by Crippen LogP contribution is 2.36. The third-order valence-corrected chi connectivity index (χ3v) is 4.34. The number of hydrogen-bond donors (Lipinski definition) is 1. The molecule has 0 saturated heterocycles. The zero-order valence-corrected chi connectivity index (χ0v) is 12.0. The molecule has 2 heterocycles. The van der Waals surface area contributed by atoms with E-state index in [0.717, 1.165) is 5.65 Å². The summed E-state index contributed by atoms with van der Waals surface area (Å²) in [4.78, 5) is 3.60. The van der Waals surface area contributed by atoms with E-state index >= 15 is 0 Å². The highest BCUT2D eigenvalue weighted by atomic mass is 15.1. The maximum Gasteiger partial charge on any atom is 0.124 e. The number of rotatable bonds is 1. The minimum absolute atomic E-state index is 1.16. The predicted molar refractivity (Wildman–Crippen MR) is 92.6 cm³/mol. The highest BCUT2D eigenvalue weighted by Gasteiger charge is 2.15. The van der Waals surface area contributed by atoms with Crippen LogP contribution in [0.5, 0.6) is 0 Å². The van der Waals surface area contributed by atoms with Crippen molar-refractivity contribution in [2.45, 2.75) is 0 Å². The lowest BCUT2D eigenvalue weighted by atomic mass is 10.1. The summed E-state index contributed by atoms with van der Waals surface area (Å²) in [7, 11) is 0. The molecule has 3 aromatic carbocycles. The van der Waals surface area contributed by atoms with Crippen molar-refractivity contribution in [3.8, 4) is 5.69 Å². The van der Waals surface area contributed by atoms with Crippen LogP contribution in [0.4, 0.5) is 0 Å². The second kappa shape index (κ2) is 4.25. The normalized spacial score (nSPS) is 11.6. The topological polar surface area (TPSA) is 20.7 Å². The Bertz CT molecular complexity index is 1110. The number of H-pyrrole nitrogens is 1. The first-order valence-corrected chi connectivity index (χ1v) is 7.49. The monoisotopic (exact) mass is 282 g/mol. The molecule has 0 unspecified atom stereocenters. The molecule has 5 aromatic rings. The van der Waals surface area contributed by atoms with Crippen molar-refractivity contribution in [3.63, 3.8) is 0 Å². The third-order valence-electron chi connectivity index (χ3n) is 4.34. The Labute approximate surface area is 127 Å². The minimum atomic E-state index is 1.16. The van der Waals surface area contributed by atoms with Gasteiger partial charge in [-0.25, -0.2) is 0 Å². The molecule has 2 heteroatoms. The molecule has 104 valence electrons. The number of aromatic amines is 1. The number of fused-ring (bicyclic) bond motifs is 5. The molecule has 0 fully saturated rings. The number of benzene rings is 3. The first kappa shape index (κ1) is 11.6. The largest absolute Gasteiger partial charge is 0.340 e. The molecular formula is C20H14N2. The van der Waals surface area contributed by atoms with Gasteiger partial charge in [-0.3, -0.25) is 4.57 Å². The van der Waals surface area contributed by atoms with Gasteiger partial charge in [-0.1, -0.05) is 54.6 Å². The van der Waals surface area contributed by atoms with Gasteiger partial charge < -0.3 is 4.98 Å². The molecule has 0 aliphatic heterocycles. The van der Waals surface area contributed by atoms with Crippen LogP contribution in [0.15, 0.2) is 78.9 Å². The quantitative estimate of drug-likeness (QED) is 0.432. The van der Waals surface area contributed by atoms with Crippen LogP contribution in [0, 0.1) is 0 Å². The van der Waals surface area contributed by atoms with Crippen LogP contribution in [-0.4, -0.2) is 9.55 Å². The Balaban J connectivity index is 2.07. The molecule has 2 nitrogen and oxygen atoms in total. The van der Waals surface area contributed by atoms with Crippen molar-refractivity contribution in [2.24, 2.45) is 0 Å². The van der Waals surface area contributed by atoms with Crippen LogP contribution in [0.1, 0.15) is 0 Å². The minimum Gasteiger partial charge on any atom is -0.340 e. The summed E-state index contributed by atoms with van der Waals surface area (Å²) in [6.45, 7) is 0. The first-order chi connectivity index (χ1) is 10.9. The fourth-order valence-corrected chi connectivity index (χ4v) is 3.41. The maximum absolute atomic E-state index is 3.60. The molecule has 1 N–H and O–H groups in total. The lowest BCUT2D eigenvalue weighted by Gasteiger charge is -2.06. The third kappa shape index (κ3) is 1.44. The van der Waals surface area contributed by atoms with E-state index in [2.05, 4.69) is 88.4 Å². The molecule has 5 rings (SSSR count). The van der Waals surface area contributed by atoms with E-state index in [4.69, 9.17) is 0 Å².